The molecule has 3 nitrogen and oxygen atoms in total. The van der Waals surface area contributed by atoms with Crippen molar-refractivity contribution in [1.82, 2.24) is 0 Å². The second-order valence-electron chi connectivity index (χ2n) is 8.49. The predicted octanol–water partition coefficient (Wildman–Crippen LogP) is 5.57. The van der Waals surface area contributed by atoms with E-state index in [0.717, 1.165) is 17.5 Å². The van der Waals surface area contributed by atoms with Gasteiger partial charge in [0.2, 0.25) is 0 Å². The van der Waals surface area contributed by atoms with Crippen molar-refractivity contribution >= 4 is 30.1 Å². The third-order valence-electron chi connectivity index (χ3n) is 5.58. The fourth-order valence-electron chi connectivity index (χ4n) is 3.13. The topological polar surface area (TPSA) is 35.5 Å². The molecule has 0 unspecified atom stereocenters. The summed E-state index contributed by atoms with van der Waals surface area (Å²) in [6, 6.07) is 19.0. The van der Waals surface area contributed by atoms with Crippen molar-refractivity contribution in [2.24, 2.45) is 0 Å². The SMILES string of the molecule is CC(=O)SCC(=Cc1ccc(Cc2ccccc2)cc1)B1OC(C)(C)C(C)(C)O1. The lowest BCUT2D eigenvalue weighted by molar-refractivity contribution is -0.109. The monoisotopic (exact) mass is 408 g/mol. The van der Waals surface area contributed by atoms with E-state index in [2.05, 4.69) is 54.6 Å². The Morgan fingerprint density at radius 1 is 0.931 bits per heavy atom. The quantitative estimate of drug-likeness (QED) is 0.586. The molecule has 152 valence electrons. The largest absolute Gasteiger partial charge is 0.491 e. The number of hydrogen-bond donors (Lipinski definition) is 0. The van der Waals surface area contributed by atoms with Gasteiger partial charge in [-0.1, -0.05) is 72.4 Å². The molecule has 1 saturated heterocycles. The third kappa shape index (κ3) is 5.62. The second kappa shape index (κ2) is 8.91. The first-order valence-electron chi connectivity index (χ1n) is 9.99. The average Bonchev–Trinajstić information content (AvgIpc) is 2.88. The molecule has 1 aliphatic heterocycles. The Morgan fingerprint density at radius 2 is 1.48 bits per heavy atom. The van der Waals surface area contributed by atoms with Crippen molar-refractivity contribution in [3.05, 3.63) is 76.8 Å². The normalized spacial score (nSPS) is 18.1. The predicted molar refractivity (Wildman–Crippen MR) is 123 cm³/mol. The molecule has 0 spiro atoms. The summed E-state index contributed by atoms with van der Waals surface area (Å²) in [6.07, 6.45) is 3.00. The highest BCUT2D eigenvalue weighted by Crippen LogP contribution is 2.39. The van der Waals surface area contributed by atoms with Gasteiger partial charge >= 0.3 is 7.12 Å². The van der Waals surface area contributed by atoms with Crippen LogP contribution in [0.1, 0.15) is 51.3 Å². The van der Waals surface area contributed by atoms with Crippen molar-refractivity contribution in [3.63, 3.8) is 0 Å². The number of hydrogen-bond acceptors (Lipinski definition) is 4. The van der Waals surface area contributed by atoms with Crippen molar-refractivity contribution in [2.45, 2.75) is 52.2 Å². The zero-order valence-electron chi connectivity index (χ0n) is 17.9. The van der Waals surface area contributed by atoms with E-state index in [1.165, 1.54) is 22.9 Å². The first-order valence-corrected chi connectivity index (χ1v) is 11.0. The lowest BCUT2D eigenvalue weighted by atomic mass is 9.78. The number of carbonyl (C=O) groups is 1. The Morgan fingerprint density at radius 3 is 2.03 bits per heavy atom. The van der Waals surface area contributed by atoms with Crippen molar-refractivity contribution in [1.29, 1.82) is 0 Å². The maximum absolute atomic E-state index is 11.5. The van der Waals surface area contributed by atoms with Crippen LogP contribution in [0.15, 0.2) is 60.1 Å². The van der Waals surface area contributed by atoms with E-state index in [9.17, 15) is 4.79 Å². The van der Waals surface area contributed by atoms with Gasteiger partial charge in [-0.15, -0.1) is 0 Å². The molecule has 0 aromatic heterocycles. The first kappa shape index (κ1) is 21.9. The minimum atomic E-state index is -0.448. The van der Waals surface area contributed by atoms with Gasteiger partial charge in [0.15, 0.2) is 5.12 Å². The summed E-state index contributed by atoms with van der Waals surface area (Å²) in [4.78, 5) is 11.5. The molecule has 0 bridgehead atoms. The number of carbonyl (C=O) groups excluding carboxylic acids is 1. The Kier molecular flexibility index (Phi) is 6.72. The van der Waals surface area contributed by atoms with Gasteiger partial charge in [0.1, 0.15) is 0 Å². The molecular weight excluding hydrogens is 379 g/mol. The van der Waals surface area contributed by atoms with Crippen LogP contribution in [-0.2, 0) is 20.5 Å². The zero-order valence-corrected chi connectivity index (χ0v) is 18.7. The number of thioether (sulfide) groups is 1. The third-order valence-corrected chi connectivity index (χ3v) is 6.47. The van der Waals surface area contributed by atoms with Crippen LogP contribution in [0.25, 0.3) is 6.08 Å². The highest BCUT2D eigenvalue weighted by Gasteiger charge is 2.52. The summed E-state index contributed by atoms with van der Waals surface area (Å²) in [7, 11) is -0.448. The van der Waals surface area contributed by atoms with E-state index in [1.54, 1.807) is 6.92 Å². The van der Waals surface area contributed by atoms with E-state index in [-0.39, 0.29) is 5.12 Å². The van der Waals surface area contributed by atoms with Gasteiger partial charge in [0, 0.05) is 12.7 Å². The molecule has 0 radical (unpaired) electrons. The minimum absolute atomic E-state index is 0.0885. The minimum Gasteiger partial charge on any atom is -0.400 e. The fraction of sp³-hybridized carbons (Fsp3) is 0.375. The van der Waals surface area contributed by atoms with Crippen LogP contribution in [-0.4, -0.2) is 29.2 Å². The zero-order chi connectivity index (χ0) is 21.1. The van der Waals surface area contributed by atoms with E-state index < -0.39 is 18.3 Å². The van der Waals surface area contributed by atoms with E-state index in [0.29, 0.717) is 5.75 Å². The van der Waals surface area contributed by atoms with Gasteiger partial charge in [-0.05, 0) is 56.3 Å². The lowest BCUT2D eigenvalue weighted by Crippen LogP contribution is -2.41. The summed E-state index contributed by atoms with van der Waals surface area (Å²) < 4.78 is 12.4. The van der Waals surface area contributed by atoms with E-state index >= 15 is 0 Å². The van der Waals surface area contributed by atoms with Gasteiger partial charge in [-0.25, -0.2) is 0 Å². The fourth-order valence-corrected chi connectivity index (χ4v) is 3.72. The molecule has 0 saturated carbocycles. The number of benzene rings is 2. The van der Waals surface area contributed by atoms with Crippen LogP contribution < -0.4 is 0 Å². The van der Waals surface area contributed by atoms with Crippen LogP contribution in [0.2, 0.25) is 0 Å². The first-order chi connectivity index (χ1) is 13.7. The number of rotatable bonds is 6. The molecule has 0 N–H and O–H groups in total. The summed E-state index contributed by atoms with van der Waals surface area (Å²) in [6.45, 7) is 9.76. The molecule has 5 heteroatoms. The standard InChI is InChI=1S/C24H29BO3S/c1-18(26)29-17-22(25-27-23(2,3)24(4,5)28-25)16-21-13-11-20(12-14-21)15-19-9-7-6-8-10-19/h6-14,16H,15,17H2,1-5H3. The molecule has 29 heavy (non-hydrogen) atoms. The Hall–Kier alpha value is -1.82. The average molecular weight is 408 g/mol. The molecule has 0 atom stereocenters. The van der Waals surface area contributed by atoms with Gasteiger partial charge in [-0.2, -0.15) is 0 Å². The summed E-state index contributed by atoms with van der Waals surface area (Å²) in [5.74, 6) is 0.553. The maximum atomic E-state index is 11.5. The van der Waals surface area contributed by atoms with Crippen LogP contribution in [0.5, 0.6) is 0 Å². The molecule has 1 aliphatic rings. The highest BCUT2D eigenvalue weighted by molar-refractivity contribution is 8.13. The lowest BCUT2D eigenvalue weighted by Gasteiger charge is -2.32. The van der Waals surface area contributed by atoms with Crippen LogP contribution in [0.4, 0.5) is 0 Å². The smallest absolute Gasteiger partial charge is 0.400 e. The summed E-state index contributed by atoms with van der Waals surface area (Å²) >= 11 is 1.28. The molecule has 0 amide bonds. The second-order valence-corrected chi connectivity index (χ2v) is 9.64. The molecule has 1 heterocycles. The summed E-state index contributed by atoms with van der Waals surface area (Å²) in [5, 5.41) is 0.0885. The Bertz CT molecular complexity index is 857. The van der Waals surface area contributed by atoms with Gasteiger partial charge in [0.05, 0.1) is 11.2 Å². The maximum Gasteiger partial charge on any atom is 0.491 e. The summed E-state index contributed by atoms with van der Waals surface area (Å²) in [5.41, 5.74) is 3.81. The van der Waals surface area contributed by atoms with Crippen LogP contribution >= 0.6 is 11.8 Å². The van der Waals surface area contributed by atoms with Gasteiger partial charge < -0.3 is 9.31 Å². The van der Waals surface area contributed by atoms with E-state index in [4.69, 9.17) is 9.31 Å². The Balaban J connectivity index is 1.79. The van der Waals surface area contributed by atoms with Crippen LogP contribution in [0.3, 0.4) is 0 Å². The Labute approximate surface area is 179 Å². The highest BCUT2D eigenvalue weighted by atomic mass is 32.2. The van der Waals surface area contributed by atoms with E-state index in [1.807, 2.05) is 33.8 Å². The molecule has 2 aromatic rings. The molecule has 0 aliphatic carbocycles. The van der Waals surface area contributed by atoms with Crippen molar-refractivity contribution in [3.8, 4) is 0 Å². The van der Waals surface area contributed by atoms with Gasteiger partial charge in [-0.3, -0.25) is 4.79 Å². The molecule has 2 aromatic carbocycles. The van der Waals surface area contributed by atoms with Crippen molar-refractivity contribution in [2.75, 3.05) is 5.75 Å². The molecule has 1 fully saturated rings. The molecular formula is C24H29BO3S. The molecule has 3 rings (SSSR count). The van der Waals surface area contributed by atoms with Crippen LogP contribution in [0, 0.1) is 0 Å². The van der Waals surface area contributed by atoms with Gasteiger partial charge in [0.25, 0.3) is 0 Å². The van der Waals surface area contributed by atoms with Crippen molar-refractivity contribution < 1.29 is 14.1 Å².